The molecule has 0 aliphatic heterocycles. The number of nitrogens with zero attached hydrogens (tertiary/aromatic N) is 2. The van der Waals surface area contributed by atoms with E-state index in [2.05, 4.69) is 10.3 Å². The molecule has 0 spiro atoms. The summed E-state index contributed by atoms with van der Waals surface area (Å²) in [6.07, 6.45) is 1.60. The van der Waals surface area contributed by atoms with Crippen LogP contribution >= 0.6 is 0 Å². The number of pyridine rings is 1. The first kappa shape index (κ1) is 14.8. The second-order valence-corrected chi connectivity index (χ2v) is 4.47. The van der Waals surface area contributed by atoms with Crippen molar-refractivity contribution in [3.63, 3.8) is 0 Å². The molecule has 21 heavy (non-hydrogen) atoms. The lowest BCUT2D eigenvalue weighted by Gasteiger charge is -2.12. The van der Waals surface area contributed by atoms with Crippen LogP contribution in [0.25, 0.3) is 0 Å². The van der Waals surface area contributed by atoms with Gasteiger partial charge < -0.3 is 14.8 Å². The predicted molar refractivity (Wildman–Crippen MR) is 79.0 cm³/mol. The number of methoxy groups -OCH3 is 1. The molecule has 0 aliphatic carbocycles. The van der Waals surface area contributed by atoms with Crippen LogP contribution in [0.2, 0.25) is 0 Å². The summed E-state index contributed by atoms with van der Waals surface area (Å²) in [5.41, 5.74) is 2.40. The Morgan fingerprint density at radius 1 is 1.19 bits per heavy atom. The first-order chi connectivity index (χ1) is 10.3. The van der Waals surface area contributed by atoms with Gasteiger partial charge in [0.25, 0.3) is 0 Å². The molecule has 0 radical (unpaired) electrons. The first-order valence-corrected chi connectivity index (χ1v) is 6.56. The summed E-state index contributed by atoms with van der Waals surface area (Å²) < 4.78 is 11.1. The quantitative estimate of drug-likeness (QED) is 0.880. The van der Waals surface area contributed by atoms with Gasteiger partial charge in [-0.15, -0.1) is 0 Å². The maximum absolute atomic E-state index is 8.83. The van der Waals surface area contributed by atoms with E-state index in [4.69, 9.17) is 14.7 Å². The Labute approximate surface area is 124 Å². The van der Waals surface area contributed by atoms with Crippen LogP contribution in [0, 0.1) is 11.3 Å². The lowest BCUT2D eigenvalue weighted by molar-refractivity contribution is 0.284. The fourth-order valence-electron chi connectivity index (χ4n) is 1.93. The second kappa shape index (κ2) is 7.27. The molecule has 108 valence electrons. The number of ether oxygens (including phenoxy) is 2. The van der Waals surface area contributed by atoms with Crippen molar-refractivity contribution in [3.05, 3.63) is 53.3 Å². The molecule has 0 saturated heterocycles. The van der Waals surface area contributed by atoms with Gasteiger partial charge in [0.2, 0.25) is 0 Å². The molecule has 0 fully saturated rings. The second-order valence-electron chi connectivity index (χ2n) is 4.47. The van der Waals surface area contributed by atoms with Crippen LogP contribution < -0.4 is 14.8 Å². The van der Waals surface area contributed by atoms with Crippen molar-refractivity contribution >= 4 is 0 Å². The van der Waals surface area contributed by atoms with Crippen molar-refractivity contribution in [3.8, 4) is 17.6 Å². The lowest BCUT2D eigenvalue weighted by atomic mass is 10.2. The summed E-state index contributed by atoms with van der Waals surface area (Å²) in [5.74, 6) is 1.37. The molecule has 0 unspecified atom stereocenters. The largest absolute Gasteiger partial charge is 0.493 e. The standard InChI is InChI=1S/C16H17N3O2/c1-18-10-12-3-4-15(16(8-12)20-2)21-11-13-5-6-19-14(7-13)9-17/h3-8,18H,10-11H2,1-2H3. The first-order valence-electron chi connectivity index (χ1n) is 6.56. The van der Waals surface area contributed by atoms with Crippen molar-refractivity contribution in [2.24, 2.45) is 0 Å². The van der Waals surface area contributed by atoms with E-state index in [1.807, 2.05) is 37.4 Å². The molecule has 0 atom stereocenters. The molecule has 0 bridgehead atoms. The van der Waals surface area contributed by atoms with Crippen LogP contribution in [0.5, 0.6) is 11.5 Å². The van der Waals surface area contributed by atoms with Gasteiger partial charge in [-0.05, 0) is 42.4 Å². The normalized spacial score (nSPS) is 9.95. The molecule has 5 heteroatoms. The third kappa shape index (κ3) is 3.94. The van der Waals surface area contributed by atoms with Gasteiger partial charge in [-0.1, -0.05) is 6.07 Å². The highest BCUT2D eigenvalue weighted by atomic mass is 16.5. The van der Waals surface area contributed by atoms with Crippen LogP contribution in [0.15, 0.2) is 36.5 Å². The van der Waals surface area contributed by atoms with Crippen molar-refractivity contribution in [1.82, 2.24) is 10.3 Å². The zero-order valence-corrected chi connectivity index (χ0v) is 12.1. The summed E-state index contributed by atoms with van der Waals surface area (Å²) in [5, 5.41) is 11.9. The molecule has 0 amide bonds. The van der Waals surface area contributed by atoms with Gasteiger partial charge in [0, 0.05) is 12.7 Å². The minimum atomic E-state index is 0.360. The van der Waals surface area contributed by atoms with E-state index in [1.165, 1.54) is 0 Å². The van der Waals surface area contributed by atoms with Gasteiger partial charge in [0.1, 0.15) is 18.4 Å². The average Bonchev–Trinajstić information content (AvgIpc) is 2.54. The molecule has 1 aromatic heterocycles. The number of nitrogens with one attached hydrogen (secondary N) is 1. The van der Waals surface area contributed by atoms with E-state index in [1.54, 1.807) is 19.4 Å². The van der Waals surface area contributed by atoms with Crippen LogP contribution in [0.3, 0.4) is 0 Å². The minimum absolute atomic E-state index is 0.360. The van der Waals surface area contributed by atoms with Crippen LogP contribution in [0.4, 0.5) is 0 Å². The van der Waals surface area contributed by atoms with Gasteiger partial charge in [-0.2, -0.15) is 5.26 Å². The highest BCUT2D eigenvalue weighted by Gasteiger charge is 2.06. The topological polar surface area (TPSA) is 67.2 Å². The molecular weight excluding hydrogens is 266 g/mol. The molecule has 1 aromatic carbocycles. The maximum Gasteiger partial charge on any atom is 0.161 e. The molecule has 1 N–H and O–H groups in total. The average molecular weight is 283 g/mol. The fourth-order valence-corrected chi connectivity index (χ4v) is 1.93. The van der Waals surface area contributed by atoms with Crippen LogP contribution in [-0.4, -0.2) is 19.1 Å². The Bertz CT molecular complexity index is 650. The number of hydrogen-bond acceptors (Lipinski definition) is 5. The van der Waals surface area contributed by atoms with Crippen LogP contribution in [-0.2, 0) is 13.2 Å². The van der Waals surface area contributed by atoms with Crippen molar-refractivity contribution < 1.29 is 9.47 Å². The van der Waals surface area contributed by atoms with Crippen molar-refractivity contribution in [2.75, 3.05) is 14.2 Å². The Balaban J connectivity index is 2.10. The Morgan fingerprint density at radius 2 is 2.05 bits per heavy atom. The van der Waals surface area contributed by atoms with Crippen molar-refractivity contribution in [1.29, 1.82) is 5.26 Å². The Kier molecular flexibility index (Phi) is 5.13. The Hall–Kier alpha value is -2.58. The Morgan fingerprint density at radius 3 is 2.76 bits per heavy atom. The van der Waals surface area contributed by atoms with E-state index in [0.717, 1.165) is 17.7 Å². The summed E-state index contributed by atoms with van der Waals surface area (Å²) >= 11 is 0. The van der Waals surface area contributed by atoms with Crippen molar-refractivity contribution in [2.45, 2.75) is 13.2 Å². The molecule has 0 aliphatic rings. The lowest BCUT2D eigenvalue weighted by Crippen LogP contribution is -2.05. The smallest absolute Gasteiger partial charge is 0.161 e. The van der Waals surface area contributed by atoms with Gasteiger partial charge in [-0.3, -0.25) is 0 Å². The molecule has 0 saturated carbocycles. The molecule has 1 heterocycles. The number of aromatic nitrogens is 1. The predicted octanol–water partition coefficient (Wildman–Crippen LogP) is 2.26. The van der Waals surface area contributed by atoms with E-state index >= 15 is 0 Å². The fraction of sp³-hybridized carbons (Fsp3) is 0.250. The number of nitriles is 1. The molecule has 5 nitrogen and oxygen atoms in total. The number of rotatable bonds is 6. The zero-order chi connectivity index (χ0) is 15.1. The van der Waals surface area contributed by atoms with Gasteiger partial charge in [0.05, 0.1) is 7.11 Å². The zero-order valence-electron chi connectivity index (χ0n) is 12.1. The van der Waals surface area contributed by atoms with Gasteiger partial charge >= 0.3 is 0 Å². The van der Waals surface area contributed by atoms with E-state index in [9.17, 15) is 0 Å². The van der Waals surface area contributed by atoms with E-state index in [0.29, 0.717) is 23.8 Å². The van der Waals surface area contributed by atoms with Gasteiger partial charge in [0.15, 0.2) is 11.5 Å². The van der Waals surface area contributed by atoms with E-state index < -0.39 is 0 Å². The molecular formula is C16H17N3O2. The van der Waals surface area contributed by atoms with Crippen LogP contribution in [0.1, 0.15) is 16.8 Å². The third-order valence-corrected chi connectivity index (χ3v) is 2.94. The number of hydrogen-bond donors (Lipinski definition) is 1. The minimum Gasteiger partial charge on any atom is -0.493 e. The summed E-state index contributed by atoms with van der Waals surface area (Å²) in [7, 11) is 3.51. The summed E-state index contributed by atoms with van der Waals surface area (Å²) in [6.45, 7) is 1.13. The highest BCUT2D eigenvalue weighted by Crippen LogP contribution is 2.28. The van der Waals surface area contributed by atoms with Gasteiger partial charge in [-0.25, -0.2) is 4.98 Å². The molecule has 2 aromatic rings. The monoisotopic (exact) mass is 283 g/mol. The molecule has 2 rings (SSSR count). The third-order valence-electron chi connectivity index (χ3n) is 2.94. The van der Waals surface area contributed by atoms with E-state index in [-0.39, 0.29) is 0 Å². The summed E-state index contributed by atoms with van der Waals surface area (Å²) in [4.78, 5) is 3.93. The number of benzene rings is 1. The summed E-state index contributed by atoms with van der Waals surface area (Å²) in [6, 6.07) is 11.4. The highest BCUT2D eigenvalue weighted by molar-refractivity contribution is 5.43. The maximum atomic E-state index is 8.83. The SMILES string of the molecule is CNCc1ccc(OCc2ccnc(C#N)c2)c(OC)c1.